The number of nitrogens with zero attached hydrogens (tertiary/aromatic N) is 1. The van der Waals surface area contributed by atoms with Gasteiger partial charge in [0.15, 0.2) is 0 Å². The molecular formula is C6H5BClNO. The smallest absolute Gasteiger partial charge is 0.149 e. The van der Waals surface area contributed by atoms with Crippen molar-refractivity contribution >= 4 is 31.2 Å². The highest BCUT2D eigenvalue weighted by Crippen LogP contribution is 2.01. The molecule has 0 amide bonds. The second-order valence-electron chi connectivity index (χ2n) is 1.98. The van der Waals surface area contributed by atoms with Gasteiger partial charge in [0.05, 0.1) is 0 Å². The van der Waals surface area contributed by atoms with Crippen molar-refractivity contribution in [1.82, 2.24) is 4.98 Å². The van der Waals surface area contributed by atoms with Crippen molar-refractivity contribution in [2.45, 2.75) is 0 Å². The molecule has 0 radical (unpaired) electrons. The third-order valence-corrected chi connectivity index (χ3v) is 1.45. The maximum atomic E-state index is 10.3. The Hall–Kier alpha value is -0.825. The van der Waals surface area contributed by atoms with E-state index in [1.807, 2.05) is 7.85 Å². The van der Waals surface area contributed by atoms with E-state index in [1.165, 1.54) is 0 Å². The van der Waals surface area contributed by atoms with Crippen molar-refractivity contribution in [3.05, 3.63) is 23.0 Å². The van der Waals surface area contributed by atoms with Crippen LogP contribution in [0, 0.1) is 0 Å². The lowest BCUT2D eigenvalue weighted by atomic mass is 9.94. The molecular weight excluding hydrogens is 148 g/mol. The molecule has 1 rings (SSSR count). The van der Waals surface area contributed by atoms with Crippen LogP contribution in [0.1, 0.15) is 10.4 Å². The minimum absolute atomic E-state index is 0.354. The molecule has 10 heavy (non-hydrogen) atoms. The molecule has 0 aliphatic carbocycles. The summed E-state index contributed by atoms with van der Waals surface area (Å²) < 4.78 is 0. The molecule has 0 N–H and O–H groups in total. The Morgan fingerprint density at radius 3 is 2.90 bits per heavy atom. The average molecular weight is 153 g/mol. The topological polar surface area (TPSA) is 30.0 Å². The van der Waals surface area contributed by atoms with Gasteiger partial charge in [-0.2, -0.15) is 0 Å². The van der Waals surface area contributed by atoms with Crippen molar-refractivity contribution in [1.29, 1.82) is 0 Å². The number of carbonyl (C=O) groups excluding carboxylic acids is 1. The van der Waals surface area contributed by atoms with Crippen LogP contribution in [0.25, 0.3) is 0 Å². The van der Waals surface area contributed by atoms with E-state index in [2.05, 4.69) is 4.98 Å². The largest absolute Gasteiger partial charge is 0.298 e. The summed E-state index contributed by atoms with van der Waals surface area (Å²) in [5.41, 5.74) is 1.44. The highest BCUT2D eigenvalue weighted by Gasteiger charge is 1.96. The summed E-state index contributed by atoms with van der Waals surface area (Å²) in [5, 5.41) is 0.354. The van der Waals surface area contributed by atoms with Crippen molar-refractivity contribution in [3.63, 3.8) is 0 Å². The number of hydrogen-bond acceptors (Lipinski definition) is 2. The van der Waals surface area contributed by atoms with Gasteiger partial charge < -0.3 is 0 Å². The van der Waals surface area contributed by atoms with Gasteiger partial charge in [-0.1, -0.05) is 17.1 Å². The summed E-state index contributed by atoms with van der Waals surface area (Å²) in [5.74, 6) is 0. The van der Waals surface area contributed by atoms with Gasteiger partial charge in [0.1, 0.15) is 19.3 Å². The fourth-order valence-electron chi connectivity index (χ4n) is 0.639. The van der Waals surface area contributed by atoms with Crippen LogP contribution in [0.5, 0.6) is 0 Å². The number of pyridine rings is 1. The molecule has 0 unspecified atom stereocenters. The normalized spacial score (nSPS) is 9.30. The first kappa shape index (κ1) is 7.28. The fraction of sp³-hybridized carbons (Fsp3) is 0. The number of aromatic nitrogens is 1. The molecule has 0 spiro atoms. The first-order chi connectivity index (χ1) is 4.74. The number of aldehydes is 1. The number of hydrogen-bond donors (Lipinski definition) is 0. The van der Waals surface area contributed by atoms with Crippen molar-refractivity contribution in [2.24, 2.45) is 0 Å². The molecule has 0 atom stereocenters. The van der Waals surface area contributed by atoms with Crippen LogP contribution in [0.2, 0.25) is 5.15 Å². The molecule has 0 aliphatic rings. The lowest BCUT2D eigenvalue weighted by Gasteiger charge is -1.95. The number of carbonyl (C=O) groups is 1. The van der Waals surface area contributed by atoms with E-state index >= 15 is 0 Å². The van der Waals surface area contributed by atoms with Crippen LogP contribution >= 0.6 is 11.6 Å². The molecule has 1 heterocycles. The van der Waals surface area contributed by atoms with E-state index in [-0.39, 0.29) is 0 Å². The Labute approximate surface area is 64.6 Å². The molecule has 4 heteroatoms. The van der Waals surface area contributed by atoms with Gasteiger partial charge in [-0.3, -0.25) is 4.79 Å². The number of halogens is 1. The Morgan fingerprint density at radius 2 is 2.40 bits per heavy atom. The minimum atomic E-state index is 0.354. The van der Waals surface area contributed by atoms with Gasteiger partial charge >= 0.3 is 0 Å². The highest BCUT2D eigenvalue weighted by atomic mass is 35.5. The molecule has 0 fully saturated rings. The van der Waals surface area contributed by atoms with Crippen LogP contribution < -0.4 is 5.46 Å². The van der Waals surface area contributed by atoms with Crippen LogP contribution in [0.3, 0.4) is 0 Å². The summed E-state index contributed by atoms with van der Waals surface area (Å²) in [6.07, 6.45) is 2.34. The maximum absolute atomic E-state index is 10.3. The van der Waals surface area contributed by atoms with Crippen molar-refractivity contribution in [3.8, 4) is 0 Å². The zero-order chi connectivity index (χ0) is 7.56. The Balaban J connectivity index is 3.21. The molecule has 1 aromatic heterocycles. The second kappa shape index (κ2) is 2.84. The highest BCUT2D eigenvalue weighted by molar-refractivity contribution is 6.36. The van der Waals surface area contributed by atoms with E-state index in [0.717, 1.165) is 11.7 Å². The predicted octanol–water partition coefficient (Wildman–Crippen LogP) is -0.194. The zero-order valence-electron chi connectivity index (χ0n) is 5.47. The van der Waals surface area contributed by atoms with Gasteiger partial charge in [0.25, 0.3) is 0 Å². The molecule has 0 aliphatic heterocycles. The van der Waals surface area contributed by atoms with Gasteiger partial charge in [0, 0.05) is 11.8 Å². The molecule has 0 aromatic carbocycles. The molecule has 0 saturated carbocycles. The predicted molar refractivity (Wildman–Crippen MR) is 42.8 cm³/mol. The molecule has 2 nitrogen and oxygen atoms in total. The van der Waals surface area contributed by atoms with Gasteiger partial charge in [0.2, 0.25) is 0 Å². The fourth-order valence-corrected chi connectivity index (χ4v) is 0.806. The average Bonchev–Trinajstić information content (AvgIpc) is 1.94. The van der Waals surface area contributed by atoms with Crippen molar-refractivity contribution < 1.29 is 4.79 Å². The van der Waals surface area contributed by atoms with Crippen LogP contribution in [-0.2, 0) is 0 Å². The first-order valence-corrected chi connectivity index (χ1v) is 3.19. The van der Waals surface area contributed by atoms with Crippen LogP contribution in [0.15, 0.2) is 12.3 Å². The number of rotatable bonds is 1. The Bertz CT molecular complexity index is 264. The third kappa shape index (κ3) is 1.36. The van der Waals surface area contributed by atoms with Crippen LogP contribution in [-0.4, -0.2) is 19.1 Å². The quantitative estimate of drug-likeness (QED) is 0.318. The lowest BCUT2D eigenvalue weighted by molar-refractivity contribution is 0.112. The zero-order valence-corrected chi connectivity index (χ0v) is 6.22. The van der Waals surface area contributed by atoms with E-state index < -0.39 is 0 Å². The first-order valence-electron chi connectivity index (χ1n) is 2.81. The summed E-state index contributed by atoms with van der Waals surface area (Å²) in [4.78, 5) is 14.1. The summed E-state index contributed by atoms with van der Waals surface area (Å²) in [7, 11) is 1.81. The summed E-state index contributed by atoms with van der Waals surface area (Å²) in [6.45, 7) is 0. The Morgan fingerprint density at radius 1 is 1.70 bits per heavy atom. The molecule has 1 aromatic rings. The van der Waals surface area contributed by atoms with Gasteiger partial charge in [-0.05, 0) is 6.07 Å². The third-order valence-electron chi connectivity index (χ3n) is 1.24. The molecule has 0 saturated heterocycles. The van der Waals surface area contributed by atoms with Gasteiger partial charge in [-0.15, -0.1) is 0 Å². The van der Waals surface area contributed by atoms with Gasteiger partial charge in [-0.25, -0.2) is 4.98 Å². The SMILES string of the molecule is Bc1cnc(Cl)cc1C=O. The molecule has 0 bridgehead atoms. The molecule has 50 valence electrons. The standard InChI is InChI=1S/C6H5BClNO/c7-5-2-9-6(8)1-4(5)3-10/h1-3H,7H2. The Kier molecular flexibility index (Phi) is 2.07. The van der Waals surface area contributed by atoms with Crippen LogP contribution in [0.4, 0.5) is 0 Å². The van der Waals surface area contributed by atoms with E-state index in [9.17, 15) is 4.79 Å². The van der Waals surface area contributed by atoms with E-state index in [1.54, 1.807) is 12.3 Å². The second-order valence-corrected chi connectivity index (χ2v) is 2.37. The summed E-state index contributed by atoms with van der Waals surface area (Å²) in [6, 6.07) is 1.55. The van der Waals surface area contributed by atoms with Crippen molar-refractivity contribution in [2.75, 3.05) is 0 Å². The van der Waals surface area contributed by atoms with E-state index in [4.69, 9.17) is 11.6 Å². The lowest BCUT2D eigenvalue weighted by Crippen LogP contribution is -2.09. The summed E-state index contributed by atoms with van der Waals surface area (Å²) >= 11 is 5.53. The van der Waals surface area contributed by atoms with E-state index in [0.29, 0.717) is 10.7 Å². The monoisotopic (exact) mass is 153 g/mol. The maximum Gasteiger partial charge on any atom is 0.149 e. The minimum Gasteiger partial charge on any atom is -0.298 e.